The molecule has 1 aliphatic heterocycles. The molecule has 2 aromatic rings. The number of fused-ring (bicyclic) bond motifs is 1. The Balaban J connectivity index is 1.68. The van der Waals surface area contributed by atoms with E-state index in [9.17, 15) is 19.2 Å². The molecule has 1 aromatic heterocycles. The molecule has 1 aliphatic rings. The van der Waals surface area contributed by atoms with Crippen LogP contribution in [0, 0.1) is 0 Å². The topological polar surface area (TPSA) is 106 Å². The molecule has 28 heavy (non-hydrogen) atoms. The van der Waals surface area contributed by atoms with Gasteiger partial charge in [0.1, 0.15) is 6.61 Å². The van der Waals surface area contributed by atoms with Crippen LogP contribution < -0.4 is 5.56 Å². The molecule has 0 atom stereocenters. The number of aromatic nitrogens is 1. The van der Waals surface area contributed by atoms with Gasteiger partial charge in [-0.2, -0.15) is 0 Å². The number of carbonyl (C=O) groups excluding carboxylic acids is 3. The fraction of sp³-hybridized carbons (Fsp3) is 0.263. The average Bonchev–Trinajstić information content (AvgIpc) is 3.00. The van der Waals surface area contributed by atoms with Crippen molar-refractivity contribution < 1.29 is 23.9 Å². The molecule has 0 bridgehead atoms. The van der Waals surface area contributed by atoms with Crippen molar-refractivity contribution in [3.05, 3.63) is 57.4 Å². The summed E-state index contributed by atoms with van der Waals surface area (Å²) in [6, 6.07) is 8.10. The van der Waals surface area contributed by atoms with Crippen LogP contribution in [0.4, 0.5) is 0 Å². The van der Waals surface area contributed by atoms with Gasteiger partial charge in [-0.15, -0.1) is 0 Å². The minimum Gasteiger partial charge on any atom is -0.463 e. The first-order valence-electron chi connectivity index (χ1n) is 8.60. The quantitative estimate of drug-likeness (QED) is 0.579. The number of pyridine rings is 1. The number of H-pyrrole nitrogens is 1. The van der Waals surface area contributed by atoms with Gasteiger partial charge < -0.3 is 19.4 Å². The van der Waals surface area contributed by atoms with Crippen molar-refractivity contribution in [1.29, 1.82) is 0 Å². The first-order chi connectivity index (χ1) is 13.5. The lowest BCUT2D eigenvalue weighted by atomic mass is 10.1. The second kappa shape index (κ2) is 8.75. The number of para-hydroxylation sites is 1. The Labute approximate surface area is 164 Å². The summed E-state index contributed by atoms with van der Waals surface area (Å²) in [7, 11) is 0. The third-order valence-electron chi connectivity index (χ3n) is 3.96. The van der Waals surface area contributed by atoms with Gasteiger partial charge in [-0.05, 0) is 13.0 Å². The smallest absolute Gasteiger partial charge is 0.339 e. The molecular weight excluding hydrogens is 384 g/mol. The summed E-state index contributed by atoms with van der Waals surface area (Å²) in [4.78, 5) is 51.9. The van der Waals surface area contributed by atoms with E-state index in [1.54, 1.807) is 31.2 Å². The Morgan fingerprint density at radius 2 is 2.04 bits per heavy atom. The van der Waals surface area contributed by atoms with Gasteiger partial charge in [-0.3, -0.25) is 9.59 Å². The maximum atomic E-state index is 12.4. The van der Waals surface area contributed by atoms with Crippen molar-refractivity contribution in [2.45, 2.75) is 6.92 Å². The molecular formula is C19H18N2O6S. The number of hydrogen-bond donors (Lipinski definition) is 1. The van der Waals surface area contributed by atoms with Gasteiger partial charge in [-0.1, -0.05) is 30.0 Å². The summed E-state index contributed by atoms with van der Waals surface area (Å²) >= 11 is 1.22. The number of hydrogen-bond acceptors (Lipinski definition) is 7. The van der Waals surface area contributed by atoms with Crippen LogP contribution in [0.5, 0.6) is 0 Å². The first kappa shape index (κ1) is 19.7. The SMILES string of the molecule is CCOC(=O)/C=C1\SCC(=O)N1CCOC(=O)c1cc(=O)[nH]c2ccccc12. The zero-order chi connectivity index (χ0) is 20.1. The second-order valence-electron chi connectivity index (χ2n) is 5.80. The van der Waals surface area contributed by atoms with E-state index in [-0.39, 0.29) is 37.0 Å². The number of nitrogens with one attached hydrogen (secondary N) is 1. The molecule has 0 saturated carbocycles. The number of ether oxygens (including phenoxy) is 2. The highest BCUT2D eigenvalue weighted by Crippen LogP contribution is 2.28. The highest BCUT2D eigenvalue weighted by Gasteiger charge is 2.27. The number of aromatic amines is 1. The van der Waals surface area contributed by atoms with E-state index in [4.69, 9.17) is 9.47 Å². The lowest BCUT2D eigenvalue weighted by Gasteiger charge is -2.17. The Bertz CT molecular complexity index is 1010. The standard InChI is InChI=1S/C19H18N2O6S/c1-2-26-18(24)10-17-21(16(23)11-28-17)7-8-27-19(25)13-9-15(22)20-14-6-4-3-5-12(13)14/h3-6,9-10H,2,7-8,11H2,1H3,(H,20,22)/b17-10-. The lowest BCUT2D eigenvalue weighted by Crippen LogP contribution is -2.29. The van der Waals surface area contributed by atoms with Gasteiger partial charge in [0, 0.05) is 17.0 Å². The van der Waals surface area contributed by atoms with E-state index < -0.39 is 17.5 Å². The van der Waals surface area contributed by atoms with Crippen molar-refractivity contribution in [3.63, 3.8) is 0 Å². The van der Waals surface area contributed by atoms with Crippen LogP contribution >= 0.6 is 11.8 Å². The van der Waals surface area contributed by atoms with Crippen LogP contribution in [0.3, 0.4) is 0 Å². The normalized spacial score (nSPS) is 15.2. The van der Waals surface area contributed by atoms with Crippen molar-refractivity contribution in [3.8, 4) is 0 Å². The van der Waals surface area contributed by atoms with Crippen LogP contribution in [0.15, 0.2) is 46.2 Å². The van der Waals surface area contributed by atoms with Gasteiger partial charge in [0.25, 0.3) is 0 Å². The largest absolute Gasteiger partial charge is 0.463 e. The Kier molecular flexibility index (Phi) is 6.15. The zero-order valence-corrected chi connectivity index (χ0v) is 15.9. The van der Waals surface area contributed by atoms with Crippen molar-refractivity contribution in [2.24, 2.45) is 0 Å². The Morgan fingerprint density at radius 3 is 2.82 bits per heavy atom. The van der Waals surface area contributed by atoms with E-state index in [1.807, 2.05) is 0 Å². The maximum Gasteiger partial charge on any atom is 0.339 e. The number of thioether (sulfide) groups is 1. The molecule has 1 amide bonds. The van der Waals surface area contributed by atoms with Crippen LogP contribution in [0.1, 0.15) is 17.3 Å². The Hall–Kier alpha value is -3.07. The fourth-order valence-electron chi connectivity index (χ4n) is 2.73. The number of rotatable bonds is 6. The summed E-state index contributed by atoms with van der Waals surface area (Å²) in [6.07, 6.45) is 1.26. The van der Waals surface area contributed by atoms with Gasteiger partial charge in [0.2, 0.25) is 11.5 Å². The van der Waals surface area contributed by atoms with Crippen LogP contribution in [-0.2, 0) is 19.1 Å². The van der Waals surface area contributed by atoms with E-state index in [2.05, 4.69) is 4.98 Å². The maximum absolute atomic E-state index is 12.4. The number of carbonyl (C=O) groups is 3. The van der Waals surface area contributed by atoms with Crippen molar-refractivity contribution in [1.82, 2.24) is 9.88 Å². The first-order valence-corrected chi connectivity index (χ1v) is 9.59. The average molecular weight is 402 g/mol. The summed E-state index contributed by atoms with van der Waals surface area (Å²) in [5, 5.41) is 1.03. The minimum absolute atomic E-state index is 0.0770. The zero-order valence-electron chi connectivity index (χ0n) is 15.1. The molecule has 1 saturated heterocycles. The summed E-state index contributed by atoms with van der Waals surface area (Å²) in [5.41, 5.74) is 0.285. The summed E-state index contributed by atoms with van der Waals surface area (Å²) in [5.74, 6) is -1.16. The van der Waals surface area contributed by atoms with Gasteiger partial charge in [0.15, 0.2) is 0 Å². The van der Waals surface area contributed by atoms with E-state index in [0.717, 1.165) is 0 Å². The molecule has 0 aliphatic carbocycles. The molecule has 0 radical (unpaired) electrons. The summed E-state index contributed by atoms with van der Waals surface area (Å²) in [6.45, 7) is 1.96. The molecule has 9 heteroatoms. The number of esters is 2. The van der Waals surface area contributed by atoms with Gasteiger partial charge in [0.05, 0.1) is 35.6 Å². The number of amides is 1. The summed E-state index contributed by atoms with van der Waals surface area (Å²) < 4.78 is 10.1. The fourth-order valence-corrected chi connectivity index (χ4v) is 3.69. The van der Waals surface area contributed by atoms with Crippen molar-refractivity contribution >= 4 is 40.5 Å². The molecule has 3 rings (SSSR count). The number of nitrogens with zero attached hydrogens (tertiary/aromatic N) is 1. The van der Waals surface area contributed by atoms with Crippen molar-refractivity contribution in [2.75, 3.05) is 25.5 Å². The monoisotopic (exact) mass is 402 g/mol. The third kappa shape index (κ3) is 4.42. The van der Waals surface area contributed by atoms with Crippen LogP contribution in [0.2, 0.25) is 0 Å². The highest BCUT2D eigenvalue weighted by molar-refractivity contribution is 8.04. The molecule has 0 spiro atoms. The van der Waals surface area contributed by atoms with Gasteiger partial charge in [-0.25, -0.2) is 9.59 Å². The lowest BCUT2D eigenvalue weighted by molar-refractivity contribution is -0.137. The van der Waals surface area contributed by atoms with Crippen LogP contribution in [-0.4, -0.2) is 53.2 Å². The predicted molar refractivity (Wildman–Crippen MR) is 104 cm³/mol. The predicted octanol–water partition coefficient (Wildman–Crippen LogP) is 1.66. The van der Waals surface area contributed by atoms with E-state index >= 15 is 0 Å². The number of benzene rings is 1. The second-order valence-corrected chi connectivity index (χ2v) is 6.79. The van der Waals surface area contributed by atoms with Crippen LogP contribution in [0.25, 0.3) is 10.9 Å². The molecule has 8 nitrogen and oxygen atoms in total. The Morgan fingerprint density at radius 1 is 1.25 bits per heavy atom. The van der Waals surface area contributed by atoms with E-state index in [0.29, 0.717) is 15.9 Å². The van der Waals surface area contributed by atoms with Gasteiger partial charge >= 0.3 is 11.9 Å². The minimum atomic E-state index is -0.655. The highest BCUT2D eigenvalue weighted by atomic mass is 32.2. The molecule has 1 fully saturated rings. The molecule has 2 heterocycles. The molecule has 0 unspecified atom stereocenters. The van der Waals surface area contributed by atoms with E-state index in [1.165, 1.54) is 28.8 Å². The molecule has 1 N–H and O–H groups in total. The molecule has 1 aromatic carbocycles. The molecule has 146 valence electrons. The third-order valence-corrected chi connectivity index (χ3v) is 4.98.